The first kappa shape index (κ1) is 20.6. The number of hydrogen-bond donors (Lipinski definition) is 2. The number of amides is 1. The quantitative estimate of drug-likeness (QED) is 0.596. The van der Waals surface area contributed by atoms with Crippen LogP contribution in [0.2, 0.25) is 0 Å². The van der Waals surface area contributed by atoms with Gasteiger partial charge in [0, 0.05) is 12.1 Å². The number of nitrogens with one attached hydrogen (secondary N) is 1. The maximum absolute atomic E-state index is 12.1. The van der Waals surface area contributed by atoms with Crippen molar-refractivity contribution in [3.05, 3.63) is 84.4 Å². The summed E-state index contributed by atoms with van der Waals surface area (Å²) in [5, 5.41) is 7.88. The summed E-state index contributed by atoms with van der Waals surface area (Å²) in [5.41, 5.74) is 2.84. The zero-order valence-electron chi connectivity index (χ0n) is 15.7. The van der Waals surface area contributed by atoms with E-state index in [0.29, 0.717) is 18.7 Å². The number of nitrogens with two attached hydrogens (primary N) is 1. The van der Waals surface area contributed by atoms with Crippen LogP contribution in [0.4, 0.5) is 0 Å². The molecule has 0 fully saturated rings. The van der Waals surface area contributed by atoms with E-state index < -0.39 is 10.0 Å². The van der Waals surface area contributed by atoms with Gasteiger partial charge in [0.05, 0.1) is 4.90 Å². The molecular formula is C22H22N2O4S. The molecule has 6 nitrogen and oxygen atoms in total. The highest BCUT2D eigenvalue weighted by molar-refractivity contribution is 7.89. The molecule has 150 valence electrons. The normalized spacial score (nSPS) is 11.1. The lowest BCUT2D eigenvalue weighted by Crippen LogP contribution is -2.30. The second-order valence-corrected chi connectivity index (χ2v) is 8.00. The molecule has 0 aliphatic heterocycles. The van der Waals surface area contributed by atoms with E-state index in [-0.39, 0.29) is 17.4 Å². The summed E-state index contributed by atoms with van der Waals surface area (Å²) < 4.78 is 28.2. The molecule has 0 radical (unpaired) electrons. The van der Waals surface area contributed by atoms with E-state index in [1.807, 2.05) is 54.6 Å². The Morgan fingerprint density at radius 1 is 0.897 bits per heavy atom. The molecule has 0 aromatic heterocycles. The van der Waals surface area contributed by atoms with Crippen molar-refractivity contribution in [3.8, 4) is 16.9 Å². The first-order valence-electron chi connectivity index (χ1n) is 9.09. The first-order valence-corrected chi connectivity index (χ1v) is 10.6. The van der Waals surface area contributed by atoms with E-state index >= 15 is 0 Å². The molecule has 3 aromatic carbocycles. The summed E-state index contributed by atoms with van der Waals surface area (Å²) in [4.78, 5) is 12.2. The van der Waals surface area contributed by atoms with Crippen molar-refractivity contribution in [3.63, 3.8) is 0 Å². The number of rotatable bonds is 8. The van der Waals surface area contributed by atoms with Gasteiger partial charge in [0.1, 0.15) is 5.75 Å². The van der Waals surface area contributed by atoms with Gasteiger partial charge in [-0.25, -0.2) is 13.6 Å². The first-order chi connectivity index (χ1) is 13.9. The largest absolute Gasteiger partial charge is 0.483 e. The third kappa shape index (κ3) is 5.91. The lowest BCUT2D eigenvalue weighted by atomic mass is 10.1. The van der Waals surface area contributed by atoms with Crippen molar-refractivity contribution >= 4 is 15.9 Å². The van der Waals surface area contributed by atoms with E-state index in [4.69, 9.17) is 9.88 Å². The molecular weight excluding hydrogens is 388 g/mol. The molecule has 0 saturated carbocycles. The van der Waals surface area contributed by atoms with Crippen LogP contribution in [0, 0.1) is 0 Å². The minimum Gasteiger partial charge on any atom is -0.483 e. The molecule has 0 atom stereocenters. The number of para-hydroxylation sites is 1. The summed E-state index contributed by atoms with van der Waals surface area (Å²) in [6.45, 7) is 0.325. The molecule has 3 rings (SSSR count). The van der Waals surface area contributed by atoms with Gasteiger partial charge in [-0.15, -0.1) is 0 Å². The lowest BCUT2D eigenvalue weighted by molar-refractivity contribution is -0.123. The van der Waals surface area contributed by atoms with Crippen LogP contribution >= 0.6 is 0 Å². The second kappa shape index (κ2) is 9.36. The van der Waals surface area contributed by atoms with E-state index in [1.54, 1.807) is 12.1 Å². The average Bonchev–Trinajstić information content (AvgIpc) is 2.73. The molecule has 0 aliphatic carbocycles. The molecule has 0 aliphatic rings. The monoisotopic (exact) mass is 410 g/mol. The molecule has 29 heavy (non-hydrogen) atoms. The Bertz CT molecular complexity index is 1070. The summed E-state index contributed by atoms with van der Waals surface area (Å²) in [7, 11) is -3.70. The van der Waals surface area contributed by atoms with Crippen molar-refractivity contribution < 1.29 is 17.9 Å². The SMILES string of the molecule is NS(=O)(=O)c1ccc(CCNC(=O)COc2ccccc2-c2ccccc2)cc1. The van der Waals surface area contributed by atoms with Gasteiger partial charge in [-0.3, -0.25) is 4.79 Å². The Morgan fingerprint density at radius 2 is 1.55 bits per heavy atom. The highest BCUT2D eigenvalue weighted by Crippen LogP contribution is 2.29. The molecule has 1 amide bonds. The number of carbonyl (C=O) groups is 1. The predicted molar refractivity (Wildman–Crippen MR) is 112 cm³/mol. The molecule has 7 heteroatoms. The predicted octanol–water partition coefficient (Wildman–Crippen LogP) is 2.74. The second-order valence-electron chi connectivity index (χ2n) is 6.44. The zero-order chi connectivity index (χ0) is 20.7. The number of primary sulfonamides is 1. The van der Waals surface area contributed by atoms with Gasteiger partial charge in [-0.05, 0) is 35.7 Å². The zero-order valence-corrected chi connectivity index (χ0v) is 16.6. The van der Waals surface area contributed by atoms with Crippen LogP contribution in [0.15, 0.2) is 83.8 Å². The average molecular weight is 410 g/mol. The van der Waals surface area contributed by atoms with Gasteiger partial charge in [0.25, 0.3) is 5.91 Å². The molecule has 3 N–H and O–H groups in total. The van der Waals surface area contributed by atoms with E-state index in [9.17, 15) is 13.2 Å². The van der Waals surface area contributed by atoms with Crippen molar-refractivity contribution in [2.45, 2.75) is 11.3 Å². The van der Waals surface area contributed by atoms with Gasteiger partial charge >= 0.3 is 0 Å². The number of sulfonamides is 1. The van der Waals surface area contributed by atoms with Crippen molar-refractivity contribution in [1.29, 1.82) is 0 Å². The van der Waals surface area contributed by atoms with Crippen LogP contribution in [0.5, 0.6) is 5.75 Å². The number of benzene rings is 3. The molecule has 0 heterocycles. The lowest BCUT2D eigenvalue weighted by Gasteiger charge is -2.12. The van der Waals surface area contributed by atoms with E-state index in [1.165, 1.54) is 12.1 Å². The van der Waals surface area contributed by atoms with Crippen LogP contribution in [0.25, 0.3) is 11.1 Å². The number of hydrogen-bond acceptors (Lipinski definition) is 4. The van der Waals surface area contributed by atoms with Crippen molar-refractivity contribution in [1.82, 2.24) is 5.32 Å². The number of carbonyl (C=O) groups excluding carboxylic acids is 1. The van der Waals surface area contributed by atoms with Gasteiger partial charge < -0.3 is 10.1 Å². The van der Waals surface area contributed by atoms with Crippen LogP contribution in [-0.4, -0.2) is 27.5 Å². The fourth-order valence-electron chi connectivity index (χ4n) is 2.84. The van der Waals surface area contributed by atoms with Crippen LogP contribution < -0.4 is 15.2 Å². The van der Waals surface area contributed by atoms with Gasteiger partial charge in [-0.1, -0.05) is 60.7 Å². The van der Waals surface area contributed by atoms with E-state index in [2.05, 4.69) is 5.32 Å². The van der Waals surface area contributed by atoms with Gasteiger partial charge in [0.2, 0.25) is 10.0 Å². The topological polar surface area (TPSA) is 98.5 Å². The maximum atomic E-state index is 12.1. The van der Waals surface area contributed by atoms with Crippen LogP contribution in [0.3, 0.4) is 0 Å². The summed E-state index contributed by atoms with van der Waals surface area (Å²) in [5.74, 6) is 0.418. The highest BCUT2D eigenvalue weighted by Gasteiger charge is 2.09. The Hall–Kier alpha value is -3.16. The molecule has 0 saturated heterocycles. The molecule has 0 bridgehead atoms. The summed E-state index contributed by atoms with van der Waals surface area (Å²) in [6.07, 6.45) is 0.567. The summed E-state index contributed by atoms with van der Waals surface area (Å²) in [6, 6.07) is 23.7. The third-order valence-electron chi connectivity index (χ3n) is 4.32. The van der Waals surface area contributed by atoms with Gasteiger partial charge in [0.15, 0.2) is 6.61 Å². The van der Waals surface area contributed by atoms with Crippen molar-refractivity contribution in [2.24, 2.45) is 5.14 Å². The Balaban J connectivity index is 1.50. The standard InChI is InChI=1S/C22H22N2O4S/c23-29(26,27)19-12-10-17(11-13-19)14-15-24-22(25)16-28-21-9-5-4-8-20(21)18-6-2-1-3-7-18/h1-13H,14-16H2,(H,24,25)(H2,23,26,27). The molecule has 3 aromatic rings. The molecule has 0 spiro atoms. The fraction of sp³-hybridized carbons (Fsp3) is 0.136. The Labute approximate surface area is 170 Å². The maximum Gasteiger partial charge on any atom is 0.257 e. The minimum atomic E-state index is -3.70. The Kier molecular flexibility index (Phi) is 6.64. The fourth-order valence-corrected chi connectivity index (χ4v) is 3.35. The van der Waals surface area contributed by atoms with Crippen LogP contribution in [0.1, 0.15) is 5.56 Å². The Morgan fingerprint density at radius 3 is 2.24 bits per heavy atom. The smallest absolute Gasteiger partial charge is 0.257 e. The minimum absolute atomic E-state index is 0.0655. The molecule has 0 unspecified atom stereocenters. The number of ether oxygens (including phenoxy) is 1. The van der Waals surface area contributed by atoms with Crippen LogP contribution in [-0.2, 0) is 21.2 Å². The van der Waals surface area contributed by atoms with Crippen molar-refractivity contribution in [2.75, 3.05) is 13.2 Å². The van der Waals surface area contributed by atoms with E-state index in [0.717, 1.165) is 16.7 Å². The third-order valence-corrected chi connectivity index (χ3v) is 5.25. The summed E-state index contributed by atoms with van der Waals surface area (Å²) >= 11 is 0. The highest BCUT2D eigenvalue weighted by atomic mass is 32.2. The van der Waals surface area contributed by atoms with Gasteiger partial charge in [-0.2, -0.15) is 0 Å².